The number of carbonyl (C=O) groups is 1. The zero-order chi connectivity index (χ0) is 6.57. The Hall–Kier alpha value is -0.280. The third-order valence-corrected chi connectivity index (χ3v) is 1.06. The standard InChI is InChI=1S/C4H9ClN2O/c1-7-2-3(5)4(6)8/h3,7H,2H2,1H3,(H2,6,8). The Bertz CT molecular complexity index is 86.1. The largest absolute Gasteiger partial charge is 0.368 e. The van der Waals surface area contributed by atoms with Gasteiger partial charge in [-0.3, -0.25) is 4.79 Å². The number of rotatable bonds is 3. The molecule has 0 rings (SSSR count). The van der Waals surface area contributed by atoms with Gasteiger partial charge in [0.25, 0.3) is 0 Å². The number of carbonyl (C=O) groups excluding carboxylic acids is 1. The van der Waals surface area contributed by atoms with Crippen LogP contribution in [-0.4, -0.2) is 24.9 Å². The normalized spacial score (nSPS) is 13.2. The molecule has 0 heterocycles. The zero-order valence-corrected chi connectivity index (χ0v) is 5.40. The lowest BCUT2D eigenvalue weighted by molar-refractivity contribution is -0.117. The van der Waals surface area contributed by atoms with Gasteiger partial charge < -0.3 is 11.1 Å². The van der Waals surface area contributed by atoms with Crippen LogP contribution in [0.3, 0.4) is 0 Å². The van der Waals surface area contributed by atoms with Crippen LogP contribution in [0.2, 0.25) is 0 Å². The average Bonchev–Trinajstić information content (AvgIpc) is 1.67. The van der Waals surface area contributed by atoms with Gasteiger partial charge in [-0.2, -0.15) is 0 Å². The minimum Gasteiger partial charge on any atom is -0.368 e. The van der Waals surface area contributed by atoms with Gasteiger partial charge in [0, 0.05) is 6.54 Å². The third-order valence-electron chi connectivity index (χ3n) is 0.692. The molecule has 1 atom stereocenters. The molecular weight excluding hydrogens is 128 g/mol. The molecule has 4 heteroatoms. The first-order valence-electron chi connectivity index (χ1n) is 2.26. The maximum atomic E-state index is 10.1. The number of amides is 1. The SMILES string of the molecule is CNCC(Cl)C(N)=O. The van der Waals surface area contributed by atoms with Crippen molar-refractivity contribution in [2.75, 3.05) is 13.6 Å². The number of halogens is 1. The second-order valence-electron chi connectivity index (χ2n) is 1.43. The summed E-state index contributed by atoms with van der Waals surface area (Å²) in [6, 6.07) is 0. The van der Waals surface area contributed by atoms with Gasteiger partial charge in [-0.25, -0.2) is 0 Å². The molecule has 0 aliphatic rings. The number of alkyl halides is 1. The molecular formula is C4H9ClN2O. The highest BCUT2D eigenvalue weighted by Crippen LogP contribution is 1.89. The molecule has 0 saturated heterocycles. The minimum absolute atomic E-state index is 0.427. The molecule has 8 heavy (non-hydrogen) atoms. The predicted molar refractivity (Wildman–Crippen MR) is 32.8 cm³/mol. The molecule has 1 amide bonds. The summed E-state index contributed by atoms with van der Waals surface area (Å²) in [5.41, 5.74) is 4.81. The van der Waals surface area contributed by atoms with Crippen LogP contribution in [0.15, 0.2) is 0 Å². The minimum atomic E-state index is -0.583. The van der Waals surface area contributed by atoms with E-state index >= 15 is 0 Å². The van der Waals surface area contributed by atoms with E-state index in [1.54, 1.807) is 7.05 Å². The smallest absolute Gasteiger partial charge is 0.236 e. The first-order valence-corrected chi connectivity index (χ1v) is 2.70. The van der Waals surface area contributed by atoms with E-state index in [4.69, 9.17) is 17.3 Å². The van der Waals surface area contributed by atoms with Crippen molar-refractivity contribution in [1.82, 2.24) is 5.32 Å². The average molecular weight is 137 g/mol. The molecule has 0 fully saturated rings. The van der Waals surface area contributed by atoms with Gasteiger partial charge in [0.15, 0.2) is 0 Å². The summed E-state index contributed by atoms with van der Waals surface area (Å²) in [6.07, 6.45) is 0. The molecule has 1 unspecified atom stereocenters. The molecule has 0 saturated carbocycles. The van der Waals surface area contributed by atoms with E-state index < -0.39 is 11.3 Å². The first kappa shape index (κ1) is 7.72. The Morgan fingerprint density at radius 1 is 2.00 bits per heavy atom. The van der Waals surface area contributed by atoms with Crippen molar-refractivity contribution in [2.24, 2.45) is 5.73 Å². The maximum Gasteiger partial charge on any atom is 0.236 e. The van der Waals surface area contributed by atoms with Crippen LogP contribution in [0.25, 0.3) is 0 Å². The number of hydrogen-bond acceptors (Lipinski definition) is 2. The van der Waals surface area contributed by atoms with E-state index in [0.29, 0.717) is 6.54 Å². The van der Waals surface area contributed by atoms with Crippen LogP contribution >= 0.6 is 11.6 Å². The Balaban J connectivity index is 3.32. The fourth-order valence-corrected chi connectivity index (χ4v) is 0.434. The number of nitrogens with one attached hydrogen (secondary N) is 1. The van der Waals surface area contributed by atoms with Gasteiger partial charge in [0.1, 0.15) is 5.38 Å². The van der Waals surface area contributed by atoms with Crippen LogP contribution in [0.4, 0.5) is 0 Å². The summed E-state index contributed by atoms with van der Waals surface area (Å²) in [4.78, 5) is 10.1. The lowest BCUT2D eigenvalue weighted by atomic mass is 10.4. The van der Waals surface area contributed by atoms with Crippen LogP contribution in [0.5, 0.6) is 0 Å². The Kier molecular flexibility index (Phi) is 3.56. The van der Waals surface area contributed by atoms with Gasteiger partial charge in [-0.1, -0.05) is 0 Å². The number of nitrogens with two attached hydrogens (primary N) is 1. The zero-order valence-electron chi connectivity index (χ0n) is 4.65. The van der Waals surface area contributed by atoms with Crippen LogP contribution in [0, 0.1) is 0 Å². The Morgan fingerprint density at radius 3 is 2.62 bits per heavy atom. The monoisotopic (exact) mass is 136 g/mol. The van der Waals surface area contributed by atoms with Crippen molar-refractivity contribution in [1.29, 1.82) is 0 Å². The van der Waals surface area contributed by atoms with Crippen LogP contribution < -0.4 is 11.1 Å². The number of hydrogen-bond donors (Lipinski definition) is 2. The van der Waals surface area contributed by atoms with Crippen LogP contribution in [0.1, 0.15) is 0 Å². The third kappa shape index (κ3) is 2.82. The van der Waals surface area contributed by atoms with Crippen molar-refractivity contribution in [3.8, 4) is 0 Å². The highest BCUT2D eigenvalue weighted by molar-refractivity contribution is 6.30. The van der Waals surface area contributed by atoms with Gasteiger partial charge in [-0.15, -0.1) is 11.6 Å². The molecule has 0 aromatic rings. The lowest BCUT2D eigenvalue weighted by Crippen LogP contribution is -2.32. The summed E-state index contributed by atoms with van der Waals surface area (Å²) < 4.78 is 0. The Morgan fingerprint density at radius 2 is 2.50 bits per heavy atom. The van der Waals surface area contributed by atoms with E-state index in [-0.39, 0.29) is 0 Å². The van der Waals surface area contributed by atoms with Crippen molar-refractivity contribution < 1.29 is 4.79 Å². The highest BCUT2D eigenvalue weighted by atomic mass is 35.5. The predicted octanol–water partition coefficient (Wildman–Crippen LogP) is -0.702. The summed E-state index contributed by atoms with van der Waals surface area (Å²) in [7, 11) is 1.71. The molecule has 0 radical (unpaired) electrons. The summed E-state index contributed by atoms with van der Waals surface area (Å²) in [5, 5.41) is 2.13. The molecule has 0 aromatic carbocycles. The highest BCUT2D eigenvalue weighted by Gasteiger charge is 2.07. The van der Waals surface area contributed by atoms with E-state index in [2.05, 4.69) is 5.32 Å². The van der Waals surface area contributed by atoms with Crippen molar-refractivity contribution >= 4 is 17.5 Å². The summed E-state index contributed by atoms with van der Waals surface area (Å²) in [5.74, 6) is -0.485. The second kappa shape index (κ2) is 3.69. The molecule has 0 aliphatic carbocycles. The van der Waals surface area contributed by atoms with Gasteiger partial charge in [-0.05, 0) is 7.05 Å². The Labute approximate surface area is 53.2 Å². The number of primary amides is 1. The fraction of sp³-hybridized carbons (Fsp3) is 0.750. The van der Waals surface area contributed by atoms with Gasteiger partial charge in [0.2, 0.25) is 5.91 Å². The molecule has 0 aromatic heterocycles. The van der Waals surface area contributed by atoms with E-state index in [1.807, 2.05) is 0 Å². The summed E-state index contributed by atoms with van der Waals surface area (Å²) >= 11 is 5.38. The quantitative estimate of drug-likeness (QED) is 0.504. The molecule has 3 N–H and O–H groups in total. The first-order chi connectivity index (χ1) is 3.68. The maximum absolute atomic E-state index is 10.1. The van der Waals surface area contributed by atoms with Crippen molar-refractivity contribution in [3.05, 3.63) is 0 Å². The lowest BCUT2D eigenvalue weighted by Gasteiger charge is -2.00. The molecule has 48 valence electrons. The molecule has 0 spiro atoms. The van der Waals surface area contributed by atoms with Crippen molar-refractivity contribution in [3.63, 3.8) is 0 Å². The van der Waals surface area contributed by atoms with E-state index in [9.17, 15) is 4.79 Å². The molecule has 3 nitrogen and oxygen atoms in total. The van der Waals surface area contributed by atoms with Crippen molar-refractivity contribution in [2.45, 2.75) is 5.38 Å². The molecule has 0 aliphatic heterocycles. The van der Waals surface area contributed by atoms with Gasteiger partial charge >= 0.3 is 0 Å². The van der Waals surface area contributed by atoms with Gasteiger partial charge in [0.05, 0.1) is 0 Å². The fourth-order valence-electron chi connectivity index (χ4n) is 0.280. The van der Waals surface area contributed by atoms with E-state index in [0.717, 1.165) is 0 Å². The molecule has 0 bridgehead atoms. The second-order valence-corrected chi connectivity index (χ2v) is 1.95. The van der Waals surface area contributed by atoms with Crippen LogP contribution in [-0.2, 0) is 4.79 Å². The van der Waals surface area contributed by atoms with E-state index in [1.165, 1.54) is 0 Å². The topological polar surface area (TPSA) is 55.1 Å². The summed E-state index contributed by atoms with van der Waals surface area (Å²) in [6.45, 7) is 0.427.